The zero-order chi connectivity index (χ0) is 11.7. The molecule has 2 atom stereocenters. The van der Waals surface area contributed by atoms with Crippen LogP contribution in [0.1, 0.15) is 17.3 Å². The van der Waals surface area contributed by atoms with Gasteiger partial charge < -0.3 is 10.2 Å². The van der Waals surface area contributed by atoms with Crippen molar-refractivity contribution in [3.05, 3.63) is 22.4 Å². The molecular weight excluding hydrogens is 224 g/mol. The molecule has 1 fully saturated rings. The van der Waals surface area contributed by atoms with Crippen molar-refractivity contribution in [2.24, 2.45) is 5.92 Å². The number of hydrogen-bond donors (Lipinski definition) is 1. The first-order valence-electron chi connectivity index (χ1n) is 5.15. The van der Waals surface area contributed by atoms with Crippen LogP contribution >= 0.6 is 11.3 Å². The van der Waals surface area contributed by atoms with E-state index in [1.54, 1.807) is 30.3 Å². The van der Waals surface area contributed by atoms with Gasteiger partial charge in [-0.3, -0.25) is 9.59 Å². The van der Waals surface area contributed by atoms with E-state index in [0.717, 1.165) is 4.88 Å². The second-order valence-electron chi connectivity index (χ2n) is 3.89. The van der Waals surface area contributed by atoms with Crippen molar-refractivity contribution < 1.29 is 9.59 Å². The second-order valence-corrected chi connectivity index (χ2v) is 4.87. The molecule has 0 unspecified atom stereocenters. The van der Waals surface area contributed by atoms with Gasteiger partial charge in [-0.15, -0.1) is 11.3 Å². The molecule has 0 spiro atoms. The maximum absolute atomic E-state index is 11.7. The van der Waals surface area contributed by atoms with E-state index >= 15 is 0 Å². The number of rotatable bonds is 2. The lowest BCUT2D eigenvalue weighted by atomic mass is 9.98. The molecule has 1 saturated heterocycles. The molecule has 0 aromatic carbocycles. The molecule has 0 saturated carbocycles. The lowest BCUT2D eigenvalue weighted by molar-refractivity contribution is -0.128. The van der Waals surface area contributed by atoms with Crippen LogP contribution in [0, 0.1) is 5.92 Å². The SMILES string of the molecule is CNC(=O)[C@H]1CC(=O)N(C)[C@@H]1c1cccs1. The highest BCUT2D eigenvalue weighted by molar-refractivity contribution is 7.10. The van der Waals surface area contributed by atoms with Crippen LogP contribution < -0.4 is 5.32 Å². The molecule has 0 bridgehead atoms. The zero-order valence-electron chi connectivity index (χ0n) is 9.27. The molecule has 86 valence electrons. The van der Waals surface area contributed by atoms with Crippen molar-refractivity contribution in [3.63, 3.8) is 0 Å². The number of carbonyl (C=O) groups is 2. The largest absolute Gasteiger partial charge is 0.359 e. The van der Waals surface area contributed by atoms with Gasteiger partial charge in [-0.2, -0.15) is 0 Å². The van der Waals surface area contributed by atoms with Crippen LogP contribution in [0.25, 0.3) is 0 Å². The molecule has 1 aliphatic heterocycles. The highest BCUT2D eigenvalue weighted by Crippen LogP contribution is 2.38. The number of thiophene rings is 1. The van der Waals surface area contributed by atoms with Gasteiger partial charge in [0.15, 0.2) is 0 Å². The number of likely N-dealkylation sites (tertiary alicyclic amines) is 1. The molecule has 16 heavy (non-hydrogen) atoms. The maximum atomic E-state index is 11.7. The third-order valence-corrected chi connectivity index (χ3v) is 3.95. The fourth-order valence-corrected chi connectivity index (χ4v) is 3.07. The standard InChI is InChI=1S/C11H14N2O2S/c1-12-11(15)7-6-9(14)13(2)10(7)8-4-3-5-16-8/h3-5,7,10H,6H2,1-2H3,(H,12,15)/t7-,10-/m0/s1. The summed E-state index contributed by atoms with van der Waals surface area (Å²) in [7, 11) is 3.37. The molecule has 0 radical (unpaired) electrons. The molecule has 1 aromatic rings. The monoisotopic (exact) mass is 238 g/mol. The van der Waals surface area contributed by atoms with Gasteiger partial charge in [0.1, 0.15) is 0 Å². The zero-order valence-corrected chi connectivity index (χ0v) is 10.1. The van der Waals surface area contributed by atoms with E-state index < -0.39 is 0 Å². The molecule has 2 amide bonds. The number of nitrogens with one attached hydrogen (secondary N) is 1. The number of amides is 2. The summed E-state index contributed by atoms with van der Waals surface area (Å²) in [5.41, 5.74) is 0. The van der Waals surface area contributed by atoms with Crippen LogP contribution in [0.5, 0.6) is 0 Å². The summed E-state index contributed by atoms with van der Waals surface area (Å²) in [6.07, 6.45) is 0.304. The van der Waals surface area contributed by atoms with E-state index in [4.69, 9.17) is 0 Å². The third kappa shape index (κ3) is 1.71. The van der Waals surface area contributed by atoms with E-state index in [2.05, 4.69) is 5.32 Å². The van der Waals surface area contributed by atoms with Crippen LogP contribution in [0.2, 0.25) is 0 Å². The van der Waals surface area contributed by atoms with Gasteiger partial charge in [-0.1, -0.05) is 6.07 Å². The van der Waals surface area contributed by atoms with Gasteiger partial charge in [0.05, 0.1) is 12.0 Å². The summed E-state index contributed by atoms with van der Waals surface area (Å²) < 4.78 is 0. The Kier molecular flexibility index (Phi) is 2.96. The summed E-state index contributed by atoms with van der Waals surface area (Å²) in [5.74, 6) is -0.288. The average molecular weight is 238 g/mol. The molecule has 1 aromatic heterocycles. The van der Waals surface area contributed by atoms with Crippen molar-refractivity contribution in [2.45, 2.75) is 12.5 Å². The van der Waals surface area contributed by atoms with E-state index in [-0.39, 0.29) is 23.8 Å². The molecule has 4 nitrogen and oxygen atoms in total. The summed E-state index contributed by atoms with van der Waals surface area (Å²) >= 11 is 1.58. The predicted molar refractivity (Wildman–Crippen MR) is 62.0 cm³/mol. The Morgan fingerprint density at radius 2 is 2.38 bits per heavy atom. The number of carbonyl (C=O) groups excluding carboxylic acids is 2. The Hall–Kier alpha value is -1.36. The molecule has 2 rings (SSSR count). The first-order valence-corrected chi connectivity index (χ1v) is 6.03. The summed E-state index contributed by atoms with van der Waals surface area (Å²) in [5, 5.41) is 4.59. The molecule has 5 heteroatoms. The number of hydrogen-bond acceptors (Lipinski definition) is 3. The van der Waals surface area contributed by atoms with Crippen LogP contribution in [-0.4, -0.2) is 30.8 Å². The number of nitrogens with zero attached hydrogens (tertiary/aromatic N) is 1. The van der Waals surface area contributed by atoms with Gasteiger partial charge in [0, 0.05) is 25.4 Å². The quantitative estimate of drug-likeness (QED) is 0.836. The second kappa shape index (κ2) is 4.25. The highest BCUT2D eigenvalue weighted by atomic mass is 32.1. The minimum Gasteiger partial charge on any atom is -0.359 e. The normalized spacial score (nSPS) is 24.9. The van der Waals surface area contributed by atoms with E-state index in [0.29, 0.717) is 6.42 Å². The van der Waals surface area contributed by atoms with Crippen LogP contribution in [0.15, 0.2) is 17.5 Å². The van der Waals surface area contributed by atoms with Crippen molar-refractivity contribution in [3.8, 4) is 0 Å². The predicted octanol–water partition coefficient (Wildman–Crippen LogP) is 1.01. The fourth-order valence-electron chi connectivity index (χ4n) is 2.14. The smallest absolute Gasteiger partial charge is 0.225 e. The Morgan fingerprint density at radius 1 is 1.62 bits per heavy atom. The van der Waals surface area contributed by atoms with Gasteiger partial charge in [0.2, 0.25) is 11.8 Å². The van der Waals surface area contributed by atoms with E-state index in [1.165, 1.54) is 0 Å². The van der Waals surface area contributed by atoms with Gasteiger partial charge in [-0.05, 0) is 11.4 Å². The van der Waals surface area contributed by atoms with Gasteiger partial charge in [0.25, 0.3) is 0 Å². The first-order chi connectivity index (χ1) is 7.65. The average Bonchev–Trinajstić information content (AvgIpc) is 2.87. The first kappa shape index (κ1) is 11.1. The molecule has 0 aliphatic carbocycles. The lowest BCUT2D eigenvalue weighted by Crippen LogP contribution is -2.32. The van der Waals surface area contributed by atoms with Crippen LogP contribution in [-0.2, 0) is 9.59 Å². The lowest BCUT2D eigenvalue weighted by Gasteiger charge is -2.22. The Labute approximate surface area is 98.3 Å². The highest BCUT2D eigenvalue weighted by Gasteiger charge is 2.42. The molecular formula is C11H14N2O2S. The molecule has 1 N–H and O–H groups in total. The maximum Gasteiger partial charge on any atom is 0.225 e. The van der Waals surface area contributed by atoms with Crippen LogP contribution in [0.3, 0.4) is 0 Å². The fraction of sp³-hybridized carbons (Fsp3) is 0.455. The van der Waals surface area contributed by atoms with Crippen LogP contribution in [0.4, 0.5) is 0 Å². The van der Waals surface area contributed by atoms with Crippen molar-refractivity contribution in [1.82, 2.24) is 10.2 Å². The topological polar surface area (TPSA) is 49.4 Å². The summed E-state index contributed by atoms with van der Waals surface area (Å²) in [4.78, 5) is 26.1. The minimum absolute atomic E-state index is 0.0343. The molecule has 1 aliphatic rings. The molecule has 2 heterocycles. The van der Waals surface area contributed by atoms with E-state index in [9.17, 15) is 9.59 Å². The van der Waals surface area contributed by atoms with Gasteiger partial charge in [-0.25, -0.2) is 0 Å². The summed E-state index contributed by atoms with van der Waals surface area (Å²) in [6, 6.07) is 3.81. The van der Waals surface area contributed by atoms with Gasteiger partial charge >= 0.3 is 0 Å². The third-order valence-electron chi connectivity index (χ3n) is 3.00. The van der Waals surface area contributed by atoms with E-state index in [1.807, 2.05) is 17.5 Å². The Bertz CT molecular complexity index is 402. The summed E-state index contributed by atoms with van der Waals surface area (Å²) in [6.45, 7) is 0. The minimum atomic E-state index is -0.263. The van der Waals surface area contributed by atoms with Crippen molar-refractivity contribution >= 4 is 23.2 Å². The van der Waals surface area contributed by atoms with Crippen molar-refractivity contribution in [2.75, 3.05) is 14.1 Å². The van der Waals surface area contributed by atoms with Crippen molar-refractivity contribution in [1.29, 1.82) is 0 Å². The Morgan fingerprint density at radius 3 is 2.94 bits per heavy atom. The Balaban J connectivity index is 2.31.